The van der Waals surface area contributed by atoms with Crippen LogP contribution in [0.3, 0.4) is 0 Å². The first-order valence-electron chi connectivity index (χ1n) is 6.51. The van der Waals surface area contributed by atoms with Crippen LogP contribution in [0.1, 0.15) is 23.7 Å². The van der Waals surface area contributed by atoms with Gasteiger partial charge in [0.15, 0.2) is 6.04 Å². The summed E-state index contributed by atoms with van der Waals surface area (Å²) in [5.74, 6) is -1.67. The third-order valence-corrected chi connectivity index (χ3v) is 2.69. The second-order valence-corrected chi connectivity index (χ2v) is 4.31. The SMILES string of the molecule is CCCOc1ccccc1C(=O)ON(C)[C@@H](CO)C(=O)O. The van der Waals surface area contributed by atoms with E-state index in [0.717, 1.165) is 11.5 Å². The van der Waals surface area contributed by atoms with Crippen molar-refractivity contribution in [3.63, 3.8) is 0 Å². The fourth-order valence-corrected chi connectivity index (χ4v) is 1.57. The smallest absolute Gasteiger partial charge is 0.360 e. The number of carboxylic acid groups (broad SMARTS) is 1. The Hall–Kier alpha value is -2.12. The molecule has 0 heterocycles. The molecule has 0 unspecified atom stereocenters. The van der Waals surface area contributed by atoms with Crippen LogP contribution < -0.4 is 4.74 Å². The molecule has 0 aliphatic carbocycles. The Balaban J connectivity index is 2.82. The van der Waals surface area contributed by atoms with Crippen LogP contribution >= 0.6 is 0 Å². The van der Waals surface area contributed by atoms with E-state index >= 15 is 0 Å². The zero-order valence-electron chi connectivity index (χ0n) is 12.0. The first-order chi connectivity index (χ1) is 10.0. The number of aliphatic hydroxyl groups excluding tert-OH is 1. The molecule has 2 N–H and O–H groups in total. The van der Waals surface area contributed by atoms with E-state index in [9.17, 15) is 9.59 Å². The number of hydroxylamine groups is 2. The van der Waals surface area contributed by atoms with Crippen LogP contribution in [-0.2, 0) is 9.63 Å². The van der Waals surface area contributed by atoms with Gasteiger partial charge in [0.05, 0.1) is 13.2 Å². The summed E-state index contributed by atoms with van der Waals surface area (Å²) in [7, 11) is 1.27. The zero-order valence-corrected chi connectivity index (χ0v) is 12.0. The van der Waals surface area contributed by atoms with Gasteiger partial charge in [-0.05, 0) is 18.6 Å². The lowest BCUT2D eigenvalue weighted by Crippen LogP contribution is -2.42. The van der Waals surface area contributed by atoms with Crippen molar-refractivity contribution < 1.29 is 29.4 Å². The molecule has 1 aromatic carbocycles. The maximum Gasteiger partial charge on any atom is 0.360 e. The summed E-state index contributed by atoms with van der Waals surface area (Å²) in [4.78, 5) is 27.9. The number of carbonyl (C=O) groups excluding carboxylic acids is 1. The van der Waals surface area contributed by atoms with Crippen molar-refractivity contribution in [1.82, 2.24) is 5.06 Å². The van der Waals surface area contributed by atoms with Gasteiger partial charge in [-0.1, -0.05) is 19.1 Å². The van der Waals surface area contributed by atoms with E-state index in [0.29, 0.717) is 12.4 Å². The van der Waals surface area contributed by atoms with Crippen molar-refractivity contribution in [1.29, 1.82) is 0 Å². The number of carboxylic acids is 1. The molecular weight excluding hydrogens is 278 g/mol. The van der Waals surface area contributed by atoms with Crippen LogP contribution in [0.15, 0.2) is 24.3 Å². The molecule has 0 aromatic heterocycles. The Kier molecular flexibility index (Phi) is 6.64. The van der Waals surface area contributed by atoms with E-state index in [-0.39, 0.29) is 5.56 Å². The Morgan fingerprint density at radius 1 is 1.33 bits per heavy atom. The standard InChI is InChI=1S/C14H19NO6/c1-3-8-20-12-7-5-4-6-10(12)14(19)21-15(2)11(9-16)13(17)18/h4-7,11,16H,3,8-9H2,1-2H3,(H,17,18)/t11-/m0/s1. The first kappa shape index (κ1) is 16.9. The fraction of sp³-hybridized carbons (Fsp3) is 0.429. The average molecular weight is 297 g/mol. The maximum absolute atomic E-state index is 12.1. The number of hydrogen-bond acceptors (Lipinski definition) is 6. The number of likely N-dealkylation sites (N-methyl/N-ethyl adjacent to an activating group) is 1. The number of rotatable bonds is 8. The normalized spacial score (nSPS) is 12.0. The molecule has 0 saturated heterocycles. The minimum Gasteiger partial charge on any atom is -0.493 e. The van der Waals surface area contributed by atoms with Crippen molar-refractivity contribution >= 4 is 11.9 Å². The van der Waals surface area contributed by atoms with E-state index in [2.05, 4.69) is 0 Å². The summed E-state index contributed by atoms with van der Waals surface area (Å²) >= 11 is 0. The molecular formula is C14H19NO6. The van der Waals surface area contributed by atoms with Crippen molar-refractivity contribution in [3.05, 3.63) is 29.8 Å². The molecule has 1 aromatic rings. The molecule has 0 amide bonds. The van der Waals surface area contributed by atoms with Gasteiger partial charge in [0.25, 0.3) is 0 Å². The van der Waals surface area contributed by atoms with Crippen LogP contribution in [0.4, 0.5) is 0 Å². The first-order valence-corrected chi connectivity index (χ1v) is 6.51. The van der Waals surface area contributed by atoms with Crippen molar-refractivity contribution in [2.75, 3.05) is 20.3 Å². The zero-order chi connectivity index (χ0) is 15.8. The molecule has 0 saturated carbocycles. The highest BCUT2D eigenvalue weighted by Gasteiger charge is 2.26. The molecule has 1 atom stereocenters. The van der Waals surface area contributed by atoms with E-state index in [1.807, 2.05) is 6.92 Å². The summed E-state index contributed by atoms with van der Waals surface area (Å²) < 4.78 is 5.44. The van der Waals surface area contributed by atoms with Crippen LogP contribution in [0.25, 0.3) is 0 Å². The second kappa shape index (κ2) is 8.23. The summed E-state index contributed by atoms with van der Waals surface area (Å²) in [6.45, 7) is 1.72. The fourth-order valence-electron chi connectivity index (χ4n) is 1.57. The largest absolute Gasteiger partial charge is 0.493 e. The highest BCUT2D eigenvalue weighted by molar-refractivity contribution is 5.92. The van der Waals surface area contributed by atoms with Gasteiger partial charge in [-0.2, -0.15) is 0 Å². The molecule has 0 radical (unpaired) electrons. The van der Waals surface area contributed by atoms with Crippen molar-refractivity contribution in [2.45, 2.75) is 19.4 Å². The topological polar surface area (TPSA) is 96.3 Å². The van der Waals surface area contributed by atoms with E-state index < -0.39 is 24.6 Å². The van der Waals surface area contributed by atoms with Crippen LogP contribution in [-0.4, -0.2) is 53.5 Å². The van der Waals surface area contributed by atoms with Crippen LogP contribution in [0.5, 0.6) is 5.75 Å². The monoisotopic (exact) mass is 297 g/mol. The van der Waals surface area contributed by atoms with Gasteiger partial charge in [0.2, 0.25) is 0 Å². The molecule has 1 rings (SSSR count). The number of carbonyl (C=O) groups is 2. The minimum atomic E-state index is -1.32. The summed E-state index contributed by atoms with van der Waals surface area (Å²) in [6, 6.07) is 5.20. The lowest BCUT2D eigenvalue weighted by atomic mass is 10.2. The third kappa shape index (κ3) is 4.73. The molecule has 7 nitrogen and oxygen atoms in total. The number of nitrogens with zero attached hydrogens (tertiary/aromatic N) is 1. The average Bonchev–Trinajstić information content (AvgIpc) is 2.45. The van der Waals surface area contributed by atoms with Gasteiger partial charge in [0.1, 0.15) is 11.3 Å². The quantitative estimate of drug-likeness (QED) is 0.689. The number of aliphatic hydroxyl groups is 1. The van der Waals surface area contributed by atoms with Crippen LogP contribution in [0, 0.1) is 0 Å². The minimum absolute atomic E-state index is 0.194. The Morgan fingerprint density at radius 3 is 2.57 bits per heavy atom. The van der Waals surface area contributed by atoms with Crippen molar-refractivity contribution in [3.8, 4) is 5.75 Å². The van der Waals surface area contributed by atoms with E-state index in [4.69, 9.17) is 19.8 Å². The Labute approximate surface area is 122 Å². The number of ether oxygens (including phenoxy) is 1. The van der Waals surface area contributed by atoms with Gasteiger partial charge < -0.3 is 19.8 Å². The number of hydrogen-bond donors (Lipinski definition) is 2. The lowest BCUT2D eigenvalue weighted by Gasteiger charge is -2.21. The Bertz CT molecular complexity index is 490. The van der Waals surface area contributed by atoms with Gasteiger partial charge >= 0.3 is 11.9 Å². The third-order valence-electron chi connectivity index (χ3n) is 2.69. The van der Waals surface area contributed by atoms with Gasteiger partial charge in [0, 0.05) is 7.05 Å². The predicted octanol–water partition coefficient (Wildman–Crippen LogP) is 0.924. The molecule has 0 fully saturated rings. The van der Waals surface area contributed by atoms with Gasteiger partial charge in [-0.3, -0.25) is 4.79 Å². The highest BCUT2D eigenvalue weighted by atomic mass is 16.7. The van der Waals surface area contributed by atoms with Crippen molar-refractivity contribution in [2.24, 2.45) is 0 Å². The summed E-state index contributed by atoms with van der Waals surface area (Å²) in [5.41, 5.74) is 0.194. The highest BCUT2D eigenvalue weighted by Crippen LogP contribution is 2.19. The molecule has 21 heavy (non-hydrogen) atoms. The Morgan fingerprint density at radius 2 is 2.00 bits per heavy atom. The van der Waals surface area contributed by atoms with Gasteiger partial charge in [-0.25, -0.2) is 4.79 Å². The second-order valence-electron chi connectivity index (χ2n) is 4.31. The molecule has 0 aliphatic rings. The van der Waals surface area contributed by atoms with E-state index in [1.165, 1.54) is 13.1 Å². The van der Waals surface area contributed by atoms with Gasteiger partial charge in [-0.15, -0.1) is 5.06 Å². The number of aliphatic carboxylic acids is 1. The molecule has 116 valence electrons. The maximum atomic E-state index is 12.1. The van der Waals surface area contributed by atoms with Crippen LogP contribution in [0.2, 0.25) is 0 Å². The lowest BCUT2D eigenvalue weighted by molar-refractivity contribution is -0.168. The van der Waals surface area contributed by atoms with E-state index in [1.54, 1.807) is 18.2 Å². The molecule has 7 heteroatoms. The number of benzene rings is 1. The summed E-state index contributed by atoms with van der Waals surface area (Å²) in [6.07, 6.45) is 0.787. The number of para-hydroxylation sites is 1. The predicted molar refractivity (Wildman–Crippen MR) is 73.9 cm³/mol. The summed E-state index contributed by atoms with van der Waals surface area (Å²) in [5, 5.41) is 18.7. The molecule has 0 bridgehead atoms. The molecule has 0 aliphatic heterocycles. The molecule has 0 spiro atoms.